The molecule has 2 aromatic rings. The molecule has 2 rings (SSSR count). The number of aliphatic hydroxyl groups is 1. The summed E-state index contributed by atoms with van der Waals surface area (Å²) in [5, 5.41) is 9.98. The summed E-state index contributed by atoms with van der Waals surface area (Å²) in [6.45, 7) is 0. The summed E-state index contributed by atoms with van der Waals surface area (Å²) >= 11 is 4.21. The van der Waals surface area contributed by atoms with Crippen molar-refractivity contribution in [1.82, 2.24) is 0 Å². The maximum absolute atomic E-state index is 12.1. The minimum absolute atomic E-state index is 0.332. The second-order valence-corrected chi connectivity index (χ2v) is 4.18. The molecule has 0 aliphatic carbocycles. The third-order valence-electron chi connectivity index (χ3n) is 2.53. The van der Waals surface area contributed by atoms with Crippen LogP contribution in [0.1, 0.15) is 22.0 Å². The summed E-state index contributed by atoms with van der Waals surface area (Å²) in [5.41, 5.74) is 1.03. The molecule has 2 nitrogen and oxygen atoms in total. The zero-order valence-corrected chi connectivity index (χ0v) is 9.97. The van der Waals surface area contributed by atoms with E-state index >= 15 is 0 Å². The van der Waals surface area contributed by atoms with Crippen molar-refractivity contribution in [2.75, 3.05) is 0 Å². The number of carbonyl (C=O) groups is 1. The first kappa shape index (κ1) is 11.9. The van der Waals surface area contributed by atoms with E-state index in [-0.39, 0.29) is 5.78 Å². The van der Waals surface area contributed by atoms with Crippen LogP contribution in [0.3, 0.4) is 0 Å². The highest BCUT2D eigenvalue weighted by Gasteiger charge is 2.20. The van der Waals surface area contributed by atoms with Crippen LogP contribution in [0.2, 0.25) is 0 Å². The quantitative estimate of drug-likeness (QED) is 0.643. The van der Waals surface area contributed by atoms with E-state index in [0.717, 1.165) is 0 Å². The number of carbonyl (C=O) groups excluding carboxylic acids is 1. The molecule has 2 aromatic carbocycles. The number of hydrogen-bond acceptors (Lipinski definition) is 3. The molecule has 0 aliphatic rings. The molecule has 0 spiro atoms. The molecule has 0 fully saturated rings. The molecule has 3 heteroatoms. The minimum Gasteiger partial charge on any atom is -0.380 e. The molecule has 0 saturated carbocycles. The van der Waals surface area contributed by atoms with Crippen LogP contribution in [0.15, 0.2) is 59.5 Å². The Bertz CT molecular complexity index is 523. The number of ketones is 1. The van der Waals surface area contributed by atoms with Crippen molar-refractivity contribution in [1.29, 1.82) is 0 Å². The van der Waals surface area contributed by atoms with Crippen LogP contribution in [0.25, 0.3) is 0 Å². The number of hydrogen-bond donors (Lipinski definition) is 2. The first-order chi connectivity index (χ1) is 8.20. The van der Waals surface area contributed by atoms with Gasteiger partial charge in [0.05, 0.1) is 0 Å². The van der Waals surface area contributed by atoms with Gasteiger partial charge in [-0.3, -0.25) is 4.79 Å². The largest absolute Gasteiger partial charge is 0.380 e. The molecular weight excluding hydrogens is 232 g/mol. The van der Waals surface area contributed by atoms with Crippen LogP contribution >= 0.6 is 12.6 Å². The molecular formula is C14H12O2S. The standard InChI is InChI=1S/C14H12O2S/c15-13(10-6-2-1-3-7-10)14(16)11-8-4-5-9-12(11)17/h1-9,13,15,17H. The van der Waals surface area contributed by atoms with Gasteiger partial charge in [0, 0.05) is 10.5 Å². The van der Waals surface area contributed by atoms with Crippen LogP contribution in [-0.2, 0) is 0 Å². The fourth-order valence-corrected chi connectivity index (χ4v) is 1.89. The number of benzene rings is 2. The van der Waals surface area contributed by atoms with Crippen LogP contribution < -0.4 is 0 Å². The zero-order valence-electron chi connectivity index (χ0n) is 9.08. The normalized spacial score (nSPS) is 12.1. The van der Waals surface area contributed by atoms with Crippen molar-refractivity contribution in [2.45, 2.75) is 11.0 Å². The van der Waals surface area contributed by atoms with Gasteiger partial charge in [-0.05, 0) is 11.6 Å². The summed E-state index contributed by atoms with van der Waals surface area (Å²) in [4.78, 5) is 12.6. The van der Waals surface area contributed by atoms with Crippen molar-refractivity contribution < 1.29 is 9.90 Å². The maximum atomic E-state index is 12.1. The molecule has 0 aromatic heterocycles. The van der Waals surface area contributed by atoms with Gasteiger partial charge in [-0.2, -0.15) is 0 Å². The van der Waals surface area contributed by atoms with E-state index in [1.807, 2.05) is 6.07 Å². The van der Waals surface area contributed by atoms with Crippen molar-refractivity contribution in [3.63, 3.8) is 0 Å². The molecule has 1 atom stereocenters. The second kappa shape index (κ2) is 5.17. The topological polar surface area (TPSA) is 37.3 Å². The van der Waals surface area contributed by atoms with E-state index in [4.69, 9.17) is 0 Å². The maximum Gasteiger partial charge on any atom is 0.196 e. The molecule has 86 valence electrons. The van der Waals surface area contributed by atoms with Crippen LogP contribution in [-0.4, -0.2) is 10.9 Å². The Balaban J connectivity index is 2.30. The molecule has 0 heterocycles. The lowest BCUT2D eigenvalue weighted by molar-refractivity contribution is 0.0744. The third kappa shape index (κ3) is 2.57. The summed E-state index contributed by atoms with van der Waals surface area (Å²) in [5.74, 6) is -0.332. The molecule has 1 N–H and O–H groups in total. The smallest absolute Gasteiger partial charge is 0.196 e. The summed E-state index contributed by atoms with van der Waals surface area (Å²) in [7, 11) is 0. The fraction of sp³-hybridized carbons (Fsp3) is 0.0714. The average molecular weight is 244 g/mol. The monoisotopic (exact) mass is 244 g/mol. The number of thiol groups is 1. The lowest BCUT2D eigenvalue weighted by Crippen LogP contribution is -2.12. The van der Waals surface area contributed by atoms with Gasteiger partial charge in [-0.15, -0.1) is 12.6 Å². The van der Waals surface area contributed by atoms with Gasteiger partial charge < -0.3 is 5.11 Å². The highest BCUT2D eigenvalue weighted by atomic mass is 32.1. The Morgan fingerprint density at radius 2 is 1.59 bits per heavy atom. The SMILES string of the molecule is O=C(c1ccccc1S)C(O)c1ccccc1. The average Bonchev–Trinajstić information content (AvgIpc) is 2.39. The summed E-state index contributed by atoms with van der Waals surface area (Å²) in [6.07, 6.45) is -1.13. The van der Waals surface area contributed by atoms with Gasteiger partial charge >= 0.3 is 0 Å². The van der Waals surface area contributed by atoms with E-state index in [9.17, 15) is 9.90 Å². The molecule has 17 heavy (non-hydrogen) atoms. The predicted molar refractivity (Wildman–Crippen MR) is 69.4 cm³/mol. The van der Waals surface area contributed by atoms with Crippen LogP contribution in [0, 0.1) is 0 Å². The van der Waals surface area contributed by atoms with Gasteiger partial charge in [0.2, 0.25) is 0 Å². The van der Waals surface area contributed by atoms with Gasteiger partial charge in [-0.25, -0.2) is 0 Å². The molecule has 0 bridgehead atoms. The van der Waals surface area contributed by atoms with Gasteiger partial charge in [0.15, 0.2) is 5.78 Å². The zero-order chi connectivity index (χ0) is 12.3. The summed E-state index contributed by atoms with van der Waals surface area (Å²) < 4.78 is 0. The molecule has 0 amide bonds. The first-order valence-corrected chi connectivity index (χ1v) is 5.70. The van der Waals surface area contributed by atoms with Gasteiger partial charge in [0.25, 0.3) is 0 Å². The van der Waals surface area contributed by atoms with E-state index in [1.165, 1.54) is 0 Å². The second-order valence-electron chi connectivity index (χ2n) is 3.69. The van der Waals surface area contributed by atoms with Gasteiger partial charge in [-0.1, -0.05) is 48.5 Å². The van der Waals surface area contributed by atoms with E-state index in [0.29, 0.717) is 16.0 Å². The Hall–Kier alpha value is -1.58. The van der Waals surface area contributed by atoms with Crippen molar-refractivity contribution in [3.05, 3.63) is 65.7 Å². The van der Waals surface area contributed by atoms with Crippen molar-refractivity contribution >= 4 is 18.4 Å². The number of aliphatic hydroxyl groups excluding tert-OH is 1. The lowest BCUT2D eigenvalue weighted by Gasteiger charge is -2.11. The fourth-order valence-electron chi connectivity index (χ4n) is 1.62. The molecule has 0 saturated heterocycles. The number of Topliss-reactive ketones (excluding diaryl/α,β-unsaturated/α-hetero) is 1. The number of rotatable bonds is 3. The Morgan fingerprint density at radius 1 is 1.00 bits per heavy atom. The molecule has 0 radical (unpaired) electrons. The van der Waals surface area contributed by atoms with E-state index in [1.54, 1.807) is 48.5 Å². The highest BCUT2D eigenvalue weighted by molar-refractivity contribution is 7.80. The van der Waals surface area contributed by atoms with Crippen LogP contribution in [0.5, 0.6) is 0 Å². The minimum atomic E-state index is -1.13. The van der Waals surface area contributed by atoms with E-state index in [2.05, 4.69) is 12.6 Å². The van der Waals surface area contributed by atoms with Crippen molar-refractivity contribution in [2.24, 2.45) is 0 Å². The predicted octanol–water partition coefficient (Wildman–Crippen LogP) is 2.89. The van der Waals surface area contributed by atoms with Gasteiger partial charge in [0.1, 0.15) is 6.10 Å². The Labute approximate surface area is 105 Å². The first-order valence-electron chi connectivity index (χ1n) is 5.25. The highest BCUT2D eigenvalue weighted by Crippen LogP contribution is 2.22. The molecule has 0 aliphatic heterocycles. The Morgan fingerprint density at radius 3 is 2.24 bits per heavy atom. The van der Waals surface area contributed by atoms with E-state index < -0.39 is 6.10 Å². The molecule has 1 unspecified atom stereocenters. The Kier molecular flexibility index (Phi) is 3.61. The van der Waals surface area contributed by atoms with Crippen LogP contribution in [0.4, 0.5) is 0 Å². The summed E-state index contributed by atoms with van der Waals surface area (Å²) in [6, 6.07) is 15.8. The third-order valence-corrected chi connectivity index (χ3v) is 2.92. The lowest BCUT2D eigenvalue weighted by atomic mass is 10.00. The van der Waals surface area contributed by atoms with Crippen molar-refractivity contribution in [3.8, 4) is 0 Å².